The van der Waals surface area contributed by atoms with E-state index in [1.807, 2.05) is 0 Å². The molecular weight excluding hydrogens is 238 g/mol. The quantitative estimate of drug-likeness (QED) is 0.767. The van der Waals surface area contributed by atoms with E-state index in [1.54, 1.807) is 0 Å². The fourth-order valence-electron chi connectivity index (χ4n) is 3.60. The molecule has 2 aliphatic heterocycles. The lowest BCUT2D eigenvalue weighted by Crippen LogP contribution is -2.49. The van der Waals surface area contributed by atoms with Crippen molar-refractivity contribution in [3.05, 3.63) is 11.6 Å². The first-order valence-electron chi connectivity index (χ1n) is 7.93. The fourth-order valence-corrected chi connectivity index (χ4v) is 3.60. The minimum Gasteiger partial charge on any atom is -0.367 e. The number of hydrogen-bond acceptors (Lipinski definition) is 3. The molecule has 0 bridgehead atoms. The third-order valence-corrected chi connectivity index (χ3v) is 4.79. The van der Waals surface area contributed by atoms with Gasteiger partial charge in [0.1, 0.15) is 6.10 Å². The van der Waals surface area contributed by atoms with E-state index in [0.29, 0.717) is 6.04 Å². The molecule has 3 aliphatic rings. The molecule has 0 radical (unpaired) electrons. The number of fused-ring (bicyclic) bond motifs is 1. The standard InChI is InChI=1S/C16H25NO2/c18-16(13-7-4-2-1-3-5-8-13)15-11-17-10-6-9-14(17)12-19-15/h7,14-15H,1-6,8-12H2. The molecule has 2 fully saturated rings. The van der Waals surface area contributed by atoms with Gasteiger partial charge in [-0.1, -0.05) is 18.9 Å². The maximum atomic E-state index is 12.6. The van der Waals surface area contributed by atoms with Crippen molar-refractivity contribution in [1.82, 2.24) is 4.90 Å². The van der Waals surface area contributed by atoms with Crippen LogP contribution in [0.4, 0.5) is 0 Å². The van der Waals surface area contributed by atoms with Gasteiger partial charge >= 0.3 is 0 Å². The van der Waals surface area contributed by atoms with E-state index in [4.69, 9.17) is 4.74 Å². The topological polar surface area (TPSA) is 29.5 Å². The molecule has 0 amide bonds. The highest BCUT2D eigenvalue weighted by Gasteiger charge is 2.35. The van der Waals surface area contributed by atoms with Crippen LogP contribution in [0.25, 0.3) is 0 Å². The Morgan fingerprint density at radius 2 is 2.11 bits per heavy atom. The highest BCUT2D eigenvalue weighted by Crippen LogP contribution is 2.26. The largest absolute Gasteiger partial charge is 0.367 e. The summed E-state index contributed by atoms with van der Waals surface area (Å²) in [6.07, 6.45) is 11.5. The Bertz CT molecular complexity index is 364. The number of carbonyl (C=O) groups excluding carboxylic acids is 1. The van der Waals surface area contributed by atoms with E-state index < -0.39 is 0 Å². The van der Waals surface area contributed by atoms with Gasteiger partial charge in [0.25, 0.3) is 0 Å². The van der Waals surface area contributed by atoms with Crippen molar-refractivity contribution < 1.29 is 9.53 Å². The van der Waals surface area contributed by atoms with Gasteiger partial charge in [0.05, 0.1) is 6.61 Å². The van der Waals surface area contributed by atoms with E-state index in [1.165, 1.54) is 32.1 Å². The summed E-state index contributed by atoms with van der Waals surface area (Å²) in [4.78, 5) is 15.0. The Kier molecular flexibility index (Phi) is 4.34. The average Bonchev–Trinajstić information content (AvgIpc) is 2.84. The van der Waals surface area contributed by atoms with Gasteiger partial charge in [-0.05, 0) is 50.6 Å². The molecule has 0 saturated carbocycles. The van der Waals surface area contributed by atoms with Crippen molar-refractivity contribution in [2.45, 2.75) is 63.5 Å². The van der Waals surface area contributed by atoms with Crippen LogP contribution in [0.3, 0.4) is 0 Å². The molecule has 1 aliphatic carbocycles. The molecule has 0 aromatic carbocycles. The number of allylic oxidation sites excluding steroid dienone is 1. The summed E-state index contributed by atoms with van der Waals surface area (Å²) in [6, 6.07) is 0.579. The van der Waals surface area contributed by atoms with Crippen molar-refractivity contribution in [3.8, 4) is 0 Å². The molecule has 2 unspecified atom stereocenters. The number of rotatable bonds is 2. The monoisotopic (exact) mass is 263 g/mol. The predicted molar refractivity (Wildman–Crippen MR) is 75.1 cm³/mol. The van der Waals surface area contributed by atoms with Crippen molar-refractivity contribution in [2.75, 3.05) is 19.7 Å². The van der Waals surface area contributed by atoms with Crippen molar-refractivity contribution in [3.63, 3.8) is 0 Å². The second-order valence-corrected chi connectivity index (χ2v) is 6.16. The van der Waals surface area contributed by atoms with E-state index in [2.05, 4.69) is 11.0 Å². The van der Waals surface area contributed by atoms with Gasteiger partial charge in [0.15, 0.2) is 5.78 Å². The Morgan fingerprint density at radius 3 is 3.05 bits per heavy atom. The minimum atomic E-state index is -0.194. The van der Waals surface area contributed by atoms with Crippen LogP contribution in [0.2, 0.25) is 0 Å². The maximum absolute atomic E-state index is 12.6. The molecular formula is C16H25NO2. The lowest BCUT2D eigenvalue weighted by molar-refractivity contribution is -0.134. The number of ether oxygens (including phenoxy) is 1. The van der Waals surface area contributed by atoms with Crippen molar-refractivity contribution in [1.29, 1.82) is 0 Å². The van der Waals surface area contributed by atoms with Crippen LogP contribution in [0.1, 0.15) is 51.4 Å². The molecule has 0 spiro atoms. The van der Waals surface area contributed by atoms with Crippen LogP contribution in [0.5, 0.6) is 0 Å². The smallest absolute Gasteiger partial charge is 0.188 e. The van der Waals surface area contributed by atoms with Crippen LogP contribution in [-0.2, 0) is 9.53 Å². The summed E-state index contributed by atoms with van der Waals surface area (Å²) < 4.78 is 5.85. The van der Waals surface area contributed by atoms with Gasteiger partial charge in [0, 0.05) is 12.6 Å². The molecule has 0 aromatic rings. The summed E-state index contributed by atoms with van der Waals surface area (Å²) in [7, 11) is 0. The second-order valence-electron chi connectivity index (χ2n) is 6.16. The van der Waals surface area contributed by atoms with Crippen molar-refractivity contribution >= 4 is 5.78 Å². The van der Waals surface area contributed by atoms with Gasteiger partial charge < -0.3 is 4.74 Å². The minimum absolute atomic E-state index is 0.194. The zero-order valence-corrected chi connectivity index (χ0v) is 11.8. The zero-order chi connectivity index (χ0) is 13.1. The summed E-state index contributed by atoms with van der Waals surface area (Å²) in [6.45, 7) is 2.72. The molecule has 2 saturated heterocycles. The third-order valence-electron chi connectivity index (χ3n) is 4.79. The Labute approximate surface area is 116 Å². The molecule has 2 atom stereocenters. The Balaban J connectivity index is 1.62. The summed E-state index contributed by atoms with van der Waals surface area (Å²) in [5.41, 5.74) is 1.04. The molecule has 0 N–H and O–H groups in total. The highest BCUT2D eigenvalue weighted by atomic mass is 16.5. The number of ketones is 1. The predicted octanol–water partition coefficient (Wildman–Crippen LogP) is 2.70. The first kappa shape index (κ1) is 13.3. The van der Waals surface area contributed by atoms with Crippen LogP contribution >= 0.6 is 0 Å². The van der Waals surface area contributed by atoms with Crippen molar-refractivity contribution in [2.24, 2.45) is 0 Å². The summed E-state index contributed by atoms with van der Waals surface area (Å²) in [5, 5.41) is 0. The number of morpholine rings is 1. The third kappa shape index (κ3) is 3.09. The van der Waals surface area contributed by atoms with Crippen LogP contribution < -0.4 is 0 Å². The lowest BCUT2D eigenvalue weighted by atomic mass is 9.94. The lowest BCUT2D eigenvalue weighted by Gasteiger charge is -2.34. The van der Waals surface area contributed by atoms with Crippen LogP contribution in [0.15, 0.2) is 11.6 Å². The maximum Gasteiger partial charge on any atom is 0.188 e. The van der Waals surface area contributed by atoms with E-state index in [-0.39, 0.29) is 11.9 Å². The molecule has 3 nitrogen and oxygen atoms in total. The molecule has 3 rings (SSSR count). The second kappa shape index (κ2) is 6.19. The molecule has 2 heterocycles. The Morgan fingerprint density at radius 1 is 1.21 bits per heavy atom. The van der Waals surface area contributed by atoms with E-state index >= 15 is 0 Å². The van der Waals surface area contributed by atoms with Crippen LogP contribution in [0, 0.1) is 0 Å². The molecule has 3 heteroatoms. The van der Waals surface area contributed by atoms with Gasteiger partial charge in [-0.3, -0.25) is 9.69 Å². The summed E-state index contributed by atoms with van der Waals surface area (Å²) >= 11 is 0. The van der Waals surface area contributed by atoms with E-state index in [0.717, 1.165) is 44.5 Å². The SMILES string of the molecule is O=C(C1=CCCCCCC1)C1CN2CCCC2CO1. The Hall–Kier alpha value is -0.670. The van der Waals surface area contributed by atoms with Gasteiger partial charge in [-0.15, -0.1) is 0 Å². The summed E-state index contributed by atoms with van der Waals surface area (Å²) in [5.74, 6) is 0.271. The first-order valence-corrected chi connectivity index (χ1v) is 7.93. The normalized spacial score (nSPS) is 33.2. The number of hydrogen-bond donors (Lipinski definition) is 0. The van der Waals surface area contributed by atoms with Gasteiger partial charge in [0.2, 0.25) is 0 Å². The van der Waals surface area contributed by atoms with Crippen LogP contribution in [-0.4, -0.2) is 42.5 Å². The number of carbonyl (C=O) groups is 1. The molecule has 0 aromatic heterocycles. The van der Waals surface area contributed by atoms with Gasteiger partial charge in [-0.25, -0.2) is 0 Å². The molecule has 19 heavy (non-hydrogen) atoms. The number of Topliss-reactive ketones (excluding diaryl/α,β-unsaturated/α-hetero) is 1. The van der Waals surface area contributed by atoms with Gasteiger partial charge in [-0.2, -0.15) is 0 Å². The first-order chi connectivity index (χ1) is 9.34. The molecule has 106 valence electrons. The average molecular weight is 263 g/mol. The number of nitrogens with zero attached hydrogens (tertiary/aromatic N) is 1. The van der Waals surface area contributed by atoms with E-state index in [9.17, 15) is 4.79 Å². The zero-order valence-electron chi connectivity index (χ0n) is 11.8. The fraction of sp³-hybridized carbons (Fsp3) is 0.812. The highest BCUT2D eigenvalue weighted by molar-refractivity contribution is 5.99.